The van der Waals surface area contributed by atoms with Crippen LogP contribution in [0.3, 0.4) is 0 Å². The molecule has 0 aromatic heterocycles. The van der Waals surface area contributed by atoms with Gasteiger partial charge in [0.25, 0.3) is 0 Å². The summed E-state index contributed by atoms with van der Waals surface area (Å²) in [6.45, 7) is 16.0. The highest BCUT2D eigenvalue weighted by Crippen LogP contribution is 2.56. The Balaban J connectivity index is 1.99. The third kappa shape index (κ3) is 6.29. The van der Waals surface area contributed by atoms with Gasteiger partial charge in [-0.3, -0.25) is 9.59 Å². The second-order valence-corrected chi connectivity index (χ2v) is 11.9. The highest BCUT2D eigenvalue weighted by atomic mass is 16.6. The molecule has 1 aromatic rings. The first-order valence-electron chi connectivity index (χ1n) is 13.3. The zero-order valence-electron chi connectivity index (χ0n) is 23.0. The summed E-state index contributed by atoms with van der Waals surface area (Å²) >= 11 is 0. The Labute approximate surface area is 211 Å². The Bertz CT molecular complexity index is 979. The lowest BCUT2D eigenvalue weighted by Gasteiger charge is -2.47. The number of carbonyl (C=O) groups excluding carboxylic acids is 2. The molecule has 2 atom stereocenters. The largest absolute Gasteiger partial charge is 0.487 e. The van der Waals surface area contributed by atoms with Gasteiger partial charge in [-0.05, 0) is 67.7 Å². The van der Waals surface area contributed by atoms with Crippen molar-refractivity contribution in [2.45, 2.75) is 118 Å². The van der Waals surface area contributed by atoms with Crippen molar-refractivity contribution < 1.29 is 23.8 Å². The number of carbonyl (C=O) groups is 2. The molecular weight excluding hydrogens is 440 g/mol. The van der Waals surface area contributed by atoms with E-state index >= 15 is 0 Å². The third-order valence-corrected chi connectivity index (χ3v) is 7.38. The lowest BCUT2D eigenvalue weighted by molar-refractivity contribution is -0.143. The van der Waals surface area contributed by atoms with Gasteiger partial charge in [-0.2, -0.15) is 0 Å². The van der Waals surface area contributed by atoms with Crippen molar-refractivity contribution in [1.82, 2.24) is 0 Å². The van der Waals surface area contributed by atoms with Crippen LogP contribution in [0.25, 0.3) is 0 Å². The Morgan fingerprint density at radius 3 is 2.43 bits per heavy atom. The second kappa shape index (κ2) is 10.8. The number of rotatable bonds is 8. The summed E-state index contributed by atoms with van der Waals surface area (Å²) in [5.74, 6) is 1.42. The van der Waals surface area contributed by atoms with Crippen molar-refractivity contribution in [1.29, 1.82) is 0 Å². The van der Waals surface area contributed by atoms with Crippen molar-refractivity contribution in [3.8, 4) is 17.2 Å². The normalized spacial score (nSPS) is 20.7. The van der Waals surface area contributed by atoms with E-state index < -0.39 is 11.0 Å². The molecule has 0 spiro atoms. The first kappa shape index (κ1) is 27.3. The molecule has 0 N–H and O–H groups in total. The zero-order chi connectivity index (χ0) is 26.0. The number of ether oxygens (including phenoxy) is 3. The molecule has 0 unspecified atom stereocenters. The lowest BCUT2D eigenvalue weighted by atomic mass is 9.67. The van der Waals surface area contributed by atoms with Crippen LogP contribution in [0.1, 0.15) is 117 Å². The fraction of sp³-hybridized carbons (Fsp3) is 0.667. The van der Waals surface area contributed by atoms with Crippen LogP contribution in [-0.4, -0.2) is 17.5 Å². The van der Waals surface area contributed by atoms with E-state index in [1.165, 1.54) is 18.4 Å². The minimum atomic E-state index is -0.666. The molecule has 1 aliphatic heterocycles. The number of fused-ring (bicyclic) bond motifs is 3. The van der Waals surface area contributed by atoms with Gasteiger partial charge in [-0.25, -0.2) is 0 Å². The van der Waals surface area contributed by atoms with E-state index in [0.29, 0.717) is 29.2 Å². The summed E-state index contributed by atoms with van der Waals surface area (Å²) in [6.07, 6.45) is 9.80. The van der Waals surface area contributed by atoms with E-state index in [2.05, 4.69) is 33.8 Å². The molecule has 1 heterocycles. The van der Waals surface area contributed by atoms with Crippen LogP contribution < -0.4 is 14.2 Å². The molecule has 194 valence electrons. The summed E-state index contributed by atoms with van der Waals surface area (Å²) < 4.78 is 18.4. The summed E-state index contributed by atoms with van der Waals surface area (Å²) in [5.41, 5.74) is 1.88. The van der Waals surface area contributed by atoms with Crippen LogP contribution in [0.5, 0.6) is 17.2 Å². The predicted molar refractivity (Wildman–Crippen MR) is 139 cm³/mol. The average molecular weight is 485 g/mol. The van der Waals surface area contributed by atoms with Gasteiger partial charge in [0.2, 0.25) is 0 Å². The van der Waals surface area contributed by atoms with E-state index in [9.17, 15) is 9.59 Å². The fourth-order valence-electron chi connectivity index (χ4n) is 5.19. The van der Waals surface area contributed by atoms with Crippen LogP contribution in [-0.2, 0) is 9.59 Å². The van der Waals surface area contributed by atoms with Gasteiger partial charge in [0.05, 0.1) is 5.41 Å². The number of esters is 2. The second-order valence-electron chi connectivity index (χ2n) is 11.9. The summed E-state index contributed by atoms with van der Waals surface area (Å²) in [6, 6.07) is 1.83. The van der Waals surface area contributed by atoms with Crippen LogP contribution in [0.4, 0.5) is 0 Å². The Hall–Kier alpha value is -2.30. The number of hydrogen-bond donors (Lipinski definition) is 0. The number of benzene rings is 1. The number of allylic oxidation sites excluding steroid dienone is 2. The average Bonchev–Trinajstić information content (AvgIpc) is 2.75. The zero-order valence-corrected chi connectivity index (χ0v) is 23.0. The summed E-state index contributed by atoms with van der Waals surface area (Å²) in [7, 11) is 0. The highest BCUT2D eigenvalue weighted by Gasteiger charge is 2.47. The Morgan fingerprint density at radius 2 is 1.77 bits per heavy atom. The first-order valence-corrected chi connectivity index (χ1v) is 13.3. The van der Waals surface area contributed by atoms with E-state index in [-0.39, 0.29) is 23.8 Å². The molecule has 0 radical (unpaired) electrons. The Kier molecular flexibility index (Phi) is 8.39. The van der Waals surface area contributed by atoms with Crippen LogP contribution in [0.2, 0.25) is 0 Å². The van der Waals surface area contributed by atoms with Gasteiger partial charge in [-0.15, -0.1) is 0 Å². The van der Waals surface area contributed by atoms with Crippen LogP contribution >= 0.6 is 0 Å². The molecule has 0 amide bonds. The van der Waals surface area contributed by atoms with E-state index in [1.807, 2.05) is 33.8 Å². The fourth-order valence-corrected chi connectivity index (χ4v) is 5.19. The third-order valence-electron chi connectivity index (χ3n) is 7.38. The molecule has 1 aromatic carbocycles. The van der Waals surface area contributed by atoms with Gasteiger partial charge < -0.3 is 14.2 Å². The molecule has 0 saturated heterocycles. The topological polar surface area (TPSA) is 61.8 Å². The molecule has 2 aliphatic rings. The predicted octanol–water partition coefficient (Wildman–Crippen LogP) is 7.82. The molecule has 0 bridgehead atoms. The maximum absolute atomic E-state index is 13.0. The molecule has 35 heavy (non-hydrogen) atoms. The molecule has 5 nitrogen and oxygen atoms in total. The summed E-state index contributed by atoms with van der Waals surface area (Å²) in [5, 5.41) is 0. The molecule has 0 saturated carbocycles. The quantitative estimate of drug-likeness (QED) is 0.163. The van der Waals surface area contributed by atoms with Crippen LogP contribution in [0.15, 0.2) is 17.7 Å². The minimum Gasteiger partial charge on any atom is -0.487 e. The minimum absolute atomic E-state index is 0.170. The first-order chi connectivity index (χ1) is 16.3. The van der Waals surface area contributed by atoms with Gasteiger partial charge >= 0.3 is 11.9 Å². The monoisotopic (exact) mass is 484 g/mol. The molecule has 0 fully saturated rings. The highest BCUT2D eigenvalue weighted by molar-refractivity contribution is 5.80. The van der Waals surface area contributed by atoms with E-state index in [4.69, 9.17) is 14.2 Å². The maximum Gasteiger partial charge on any atom is 0.316 e. The van der Waals surface area contributed by atoms with E-state index in [0.717, 1.165) is 37.7 Å². The van der Waals surface area contributed by atoms with Gasteiger partial charge in [-0.1, -0.05) is 44.3 Å². The van der Waals surface area contributed by atoms with Gasteiger partial charge in [0.15, 0.2) is 0 Å². The lowest BCUT2D eigenvalue weighted by Crippen LogP contribution is -2.45. The number of unbranched alkanes of at least 4 members (excludes halogenated alkanes) is 4. The van der Waals surface area contributed by atoms with Crippen molar-refractivity contribution in [2.75, 3.05) is 0 Å². The van der Waals surface area contributed by atoms with Gasteiger partial charge in [0.1, 0.15) is 22.8 Å². The summed E-state index contributed by atoms with van der Waals surface area (Å²) in [4.78, 5) is 25.7. The molecule has 3 rings (SSSR count). The molecule has 1 aliphatic carbocycles. The van der Waals surface area contributed by atoms with Crippen molar-refractivity contribution in [3.63, 3.8) is 0 Å². The number of hydrogen-bond acceptors (Lipinski definition) is 5. The SMILES string of the molecule is CCCCCCCC(=O)Oc1cc2c(c(OC(=O)C(C)(C)C)c1C)[C@@H]1CC(C)=CC[C@H]1C(C)(C)O2. The molecule has 5 heteroatoms. The smallest absolute Gasteiger partial charge is 0.316 e. The van der Waals surface area contributed by atoms with Crippen molar-refractivity contribution in [3.05, 3.63) is 28.8 Å². The van der Waals surface area contributed by atoms with Crippen molar-refractivity contribution >= 4 is 11.9 Å². The van der Waals surface area contributed by atoms with Crippen LogP contribution in [0, 0.1) is 18.3 Å². The molecular formula is C30H44O5. The standard InChI is InChI=1S/C30H44O5/c1-9-10-11-12-13-14-25(31)33-23-18-24-26(27(20(23)3)34-28(32)29(4,5)6)21-17-19(2)15-16-22(21)30(7,8)35-24/h15,18,21-22H,9-14,16-17H2,1-8H3/t21-,22-/m1/s1. The van der Waals surface area contributed by atoms with Gasteiger partial charge in [0, 0.05) is 35.4 Å². The van der Waals surface area contributed by atoms with Crippen molar-refractivity contribution in [2.24, 2.45) is 11.3 Å². The van der Waals surface area contributed by atoms with E-state index in [1.54, 1.807) is 0 Å². The maximum atomic E-state index is 13.0. The Morgan fingerprint density at radius 1 is 1.09 bits per heavy atom.